The Morgan fingerprint density at radius 3 is 2.62 bits per heavy atom. The van der Waals surface area contributed by atoms with Gasteiger partial charge in [-0.15, -0.1) is 11.3 Å². The maximum Gasteiger partial charge on any atom is 0.122 e. The largest absolute Gasteiger partial charge is 0.381 e. The fourth-order valence-corrected chi connectivity index (χ4v) is 4.33. The molecule has 0 N–H and O–H groups in total. The molecule has 0 spiro atoms. The lowest BCUT2D eigenvalue weighted by molar-refractivity contribution is -0.110. The average Bonchev–Trinajstić information content (AvgIpc) is 3.04. The first-order valence-corrected chi connectivity index (χ1v) is 15.5. The normalized spacial score (nSPS) is 15.4. The van der Waals surface area contributed by atoms with E-state index < -0.39 is 8.07 Å². The van der Waals surface area contributed by atoms with Crippen LogP contribution in [0.4, 0.5) is 0 Å². The number of hydrogen-bond donors (Lipinski definition) is 0. The van der Waals surface area contributed by atoms with Crippen LogP contribution in [-0.4, -0.2) is 32.6 Å². The van der Waals surface area contributed by atoms with E-state index in [9.17, 15) is 4.79 Å². The summed E-state index contributed by atoms with van der Waals surface area (Å²) in [4.78, 5) is 15.4. The van der Waals surface area contributed by atoms with Gasteiger partial charge in [-0.05, 0) is 58.6 Å². The summed E-state index contributed by atoms with van der Waals surface area (Å²) in [5.74, 6) is 0.546. The van der Waals surface area contributed by atoms with Crippen molar-refractivity contribution in [3.63, 3.8) is 0 Å². The van der Waals surface area contributed by atoms with Crippen LogP contribution >= 0.6 is 11.3 Å². The summed E-state index contributed by atoms with van der Waals surface area (Å²) >= 11 is 1.69. The first-order chi connectivity index (χ1) is 13.6. The van der Waals surface area contributed by atoms with Crippen LogP contribution in [0.5, 0.6) is 0 Å². The second-order valence-electron chi connectivity index (χ2n) is 9.55. The third-order valence-electron chi connectivity index (χ3n) is 5.19. The van der Waals surface area contributed by atoms with Crippen LogP contribution in [-0.2, 0) is 9.53 Å². The fourth-order valence-electron chi connectivity index (χ4n) is 3.00. The molecule has 0 saturated heterocycles. The van der Waals surface area contributed by atoms with Crippen molar-refractivity contribution >= 4 is 31.8 Å². The standard InChI is InChI=1S/C24H41NO2SSi/c1-19(9-8-10-20(2)16-26)11-12-23(17-27-13-14-29(5,6)7)21(3)15-24-18-28-22(4)25-24/h11,15-16,18,20,23H,8-10,12-14,17H2,1-7H3/b19-11-,21-15+/t20-,23+/m0/s1. The van der Waals surface area contributed by atoms with Gasteiger partial charge in [0, 0.05) is 31.9 Å². The number of aldehydes is 1. The molecule has 1 aromatic heterocycles. The fraction of sp³-hybridized carbons (Fsp3) is 0.667. The first-order valence-electron chi connectivity index (χ1n) is 10.9. The number of aromatic nitrogens is 1. The van der Waals surface area contributed by atoms with Crippen molar-refractivity contribution in [3.05, 3.63) is 33.3 Å². The summed E-state index contributed by atoms with van der Waals surface area (Å²) in [7, 11) is -1.06. The van der Waals surface area contributed by atoms with E-state index in [-0.39, 0.29) is 5.92 Å². The molecule has 1 heterocycles. The second-order valence-corrected chi connectivity index (χ2v) is 16.2. The highest BCUT2D eigenvalue weighted by molar-refractivity contribution is 7.09. The van der Waals surface area contributed by atoms with E-state index in [2.05, 4.69) is 56.0 Å². The molecule has 29 heavy (non-hydrogen) atoms. The minimum absolute atomic E-state index is 0.169. The molecule has 2 atom stereocenters. The van der Waals surface area contributed by atoms with E-state index in [4.69, 9.17) is 4.74 Å². The molecule has 0 aliphatic rings. The summed E-state index contributed by atoms with van der Waals surface area (Å²) in [6.07, 6.45) is 9.74. The monoisotopic (exact) mass is 435 g/mol. The highest BCUT2D eigenvalue weighted by Gasteiger charge is 2.15. The van der Waals surface area contributed by atoms with E-state index in [1.807, 2.05) is 13.8 Å². The number of carbonyl (C=O) groups is 1. The Kier molecular flexibility index (Phi) is 11.9. The summed E-state index contributed by atoms with van der Waals surface area (Å²) in [6, 6.07) is 1.21. The molecule has 0 aromatic carbocycles. The molecule has 0 aliphatic carbocycles. The Hall–Kier alpha value is -1.04. The molecule has 3 nitrogen and oxygen atoms in total. The molecule has 0 amide bonds. The zero-order valence-corrected chi connectivity index (χ0v) is 21.4. The zero-order valence-electron chi connectivity index (χ0n) is 19.6. The van der Waals surface area contributed by atoms with E-state index >= 15 is 0 Å². The maximum absolute atomic E-state index is 10.8. The molecule has 0 radical (unpaired) electrons. The molecular weight excluding hydrogens is 394 g/mol. The number of aryl methyl sites for hydroxylation is 1. The van der Waals surface area contributed by atoms with Crippen LogP contribution in [0.1, 0.15) is 57.2 Å². The van der Waals surface area contributed by atoms with Gasteiger partial charge in [0.25, 0.3) is 0 Å². The van der Waals surface area contributed by atoms with E-state index in [1.54, 1.807) is 11.3 Å². The van der Waals surface area contributed by atoms with Crippen LogP contribution < -0.4 is 0 Å². The number of allylic oxidation sites excluding steroid dienone is 2. The number of carbonyl (C=O) groups excluding carboxylic acids is 1. The molecule has 0 saturated carbocycles. The van der Waals surface area contributed by atoms with Crippen molar-refractivity contribution < 1.29 is 9.53 Å². The van der Waals surface area contributed by atoms with Crippen LogP contribution in [0.2, 0.25) is 25.7 Å². The number of nitrogens with zero attached hydrogens (tertiary/aromatic N) is 1. The molecule has 1 rings (SSSR count). The topological polar surface area (TPSA) is 39.2 Å². The molecule has 5 heteroatoms. The Labute approximate surface area is 183 Å². The van der Waals surface area contributed by atoms with Crippen molar-refractivity contribution in [3.8, 4) is 0 Å². The summed E-state index contributed by atoms with van der Waals surface area (Å²) in [5, 5.41) is 3.23. The van der Waals surface area contributed by atoms with Gasteiger partial charge in [-0.3, -0.25) is 0 Å². The molecule has 1 aromatic rings. The Balaban J connectivity index is 2.69. The van der Waals surface area contributed by atoms with Gasteiger partial charge in [-0.1, -0.05) is 43.8 Å². The van der Waals surface area contributed by atoms with Gasteiger partial charge in [0.2, 0.25) is 0 Å². The lowest BCUT2D eigenvalue weighted by Crippen LogP contribution is -2.22. The molecule has 164 valence electrons. The molecular formula is C24H41NO2SSi. The van der Waals surface area contributed by atoms with Gasteiger partial charge < -0.3 is 9.53 Å². The van der Waals surface area contributed by atoms with Crippen molar-refractivity contribution in [1.29, 1.82) is 0 Å². The van der Waals surface area contributed by atoms with E-state index in [0.717, 1.165) is 55.9 Å². The van der Waals surface area contributed by atoms with Crippen LogP contribution in [0.15, 0.2) is 22.6 Å². The van der Waals surface area contributed by atoms with Crippen LogP contribution in [0, 0.1) is 18.8 Å². The van der Waals surface area contributed by atoms with E-state index in [0.29, 0.717) is 5.92 Å². The third-order valence-corrected chi connectivity index (χ3v) is 7.68. The molecule has 0 fully saturated rings. The van der Waals surface area contributed by atoms with Crippen molar-refractivity contribution in [2.75, 3.05) is 13.2 Å². The van der Waals surface area contributed by atoms with Crippen molar-refractivity contribution in [2.45, 2.75) is 79.1 Å². The maximum atomic E-state index is 10.8. The highest BCUT2D eigenvalue weighted by Crippen LogP contribution is 2.23. The highest BCUT2D eigenvalue weighted by atomic mass is 32.1. The van der Waals surface area contributed by atoms with Crippen LogP contribution in [0.3, 0.4) is 0 Å². The summed E-state index contributed by atoms with van der Waals surface area (Å²) < 4.78 is 6.10. The quantitative estimate of drug-likeness (QED) is 0.135. The summed E-state index contributed by atoms with van der Waals surface area (Å²) in [5.41, 5.74) is 3.80. The van der Waals surface area contributed by atoms with Crippen molar-refractivity contribution in [1.82, 2.24) is 4.98 Å². The number of rotatable bonds is 14. The molecule has 0 aliphatic heterocycles. The van der Waals surface area contributed by atoms with Gasteiger partial charge in [-0.25, -0.2) is 4.98 Å². The average molecular weight is 436 g/mol. The SMILES string of the molecule is C/C(=C/C[C@H](COCC[Si](C)(C)C)/C(C)=C/c1csc(C)n1)CCC[C@H](C)C=O. The Morgan fingerprint density at radius 2 is 2.03 bits per heavy atom. The number of ether oxygens (including phenoxy) is 1. The molecule has 0 unspecified atom stereocenters. The Morgan fingerprint density at radius 1 is 1.31 bits per heavy atom. The third kappa shape index (κ3) is 12.3. The number of hydrogen-bond acceptors (Lipinski definition) is 4. The minimum Gasteiger partial charge on any atom is -0.381 e. The van der Waals surface area contributed by atoms with Gasteiger partial charge in [0.1, 0.15) is 6.29 Å². The Bertz CT molecular complexity index is 673. The predicted molar refractivity (Wildman–Crippen MR) is 130 cm³/mol. The van der Waals surface area contributed by atoms with Gasteiger partial charge >= 0.3 is 0 Å². The second kappa shape index (κ2) is 13.3. The molecule has 0 bridgehead atoms. The predicted octanol–water partition coefficient (Wildman–Crippen LogP) is 7.17. The first kappa shape index (κ1) is 26.0. The minimum atomic E-state index is -1.06. The van der Waals surface area contributed by atoms with Gasteiger partial charge in [0.05, 0.1) is 17.3 Å². The van der Waals surface area contributed by atoms with E-state index in [1.165, 1.54) is 17.2 Å². The lowest BCUT2D eigenvalue weighted by atomic mass is 9.94. The van der Waals surface area contributed by atoms with Gasteiger partial charge in [0.15, 0.2) is 0 Å². The summed E-state index contributed by atoms with van der Waals surface area (Å²) in [6.45, 7) is 17.3. The number of thiazole rings is 1. The lowest BCUT2D eigenvalue weighted by Gasteiger charge is -2.20. The van der Waals surface area contributed by atoms with Gasteiger partial charge in [-0.2, -0.15) is 0 Å². The zero-order chi connectivity index (χ0) is 21.9. The smallest absolute Gasteiger partial charge is 0.122 e. The van der Waals surface area contributed by atoms with Crippen LogP contribution in [0.25, 0.3) is 6.08 Å². The van der Waals surface area contributed by atoms with Crippen molar-refractivity contribution in [2.24, 2.45) is 11.8 Å².